The fourth-order valence-corrected chi connectivity index (χ4v) is 3.77. The summed E-state index contributed by atoms with van der Waals surface area (Å²) >= 11 is 0. The molecule has 9 heteroatoms. The number of hydrogen-bond acceptors (Lipinski definition) is 7. The third-order valence-electron chi connectivity index (χ3n) is 5.43. The zero-order valence-electron chi connectivity index (χ0n) is 18.2. The summed E-state index contributed by atoms with van der Waals surface area (Å²) in [5.74, 6) is -0.190. The highest BCUT2D eigenvalue weighted by Crippen LogP contribution is 2.32. The number of nitrogens with one attached hydrogen (secondary N) is 1. The van der Waals surface area contributed by atoms with Crippen LogP contribution in [0.1, 0.15) is 32.3 Å². The summed E-state index contributed by atoms with van der Waals surface area (Å²) in [6, 6.07) is 12.4. The van der Waals surface area contributed by atoms with Crippen LogP contribution in [0.5, 0.6) is 5.75 Å². The molecule has 9 nitrogen and oxygen atoms in total. The zero-order valence-corrected chi connectivity index (χ0v) is 18.2. The molecule has 0 bridgehead atoms. The molecular formula is C23H25N5O4. The van der Waals surface area contributed by atoms with Crippen LogP contribution in [0.15, 0.2) is 58.9 Å². The lowest BCUT2D eigenvalue weighted by Gasteiger charge is -2.20. The van der Waals surface area contributed by atoms with Crippen LogP contribution in [0.2, 0.25) is 0 Å². The van der Waals surface area contributed by atoms with Gasteiger partial charge in [-0.15, -0.1) is 0 Å². The Kier molecular flexibility index (Phi) is 5.89. The highest BCUT2D eigenvalue weighted by Gasteiger charge is 2.55. The number of carbonyl (C=O) groups is 3. The second-order valence-electron chi connectivity index (χ2n) is 7.96. The van der Waals surface area contributed by atoms with Gasteiger partial charge in [-0.05, 0) is 54.8 Å². The first-order valence-corrected chi connectivity index (χ1v) is 10.6. The first kappa shape index (κ1) is 21.5. The lowest BCUT2D eigenvalue weighted by atomic mass is 10.0. The summed E-state index contributed by atoms with van der Waals surface area (Å²) in [5, 5.41) is 11.9. The van der Waals surface area contributed by atoms with Crippen LogP contribution in [-0.4, -0.2) is 48.0 Å². The summed E-state index contributed by atoms with van der Waals surface area (Å²) in [5.41, 5.74) is 2.19. The van der Waals surface area contributed by atoms with Crippen LogP contribution in [0.3, 0.4) is 0 Å². The highest BCUT2D eigenvalue weighted by atomic mass is 16.5. The SMILES string of the molecule is CCOc1ccc(NC(=O)CN2N=N[C@@H]3C(=O)N(c4ccc(C(C)C)cc4)C(=O)[C@@H]32)cc1. The van der Waals surface area contributed by atoms with Gasteiger partial charge in [-0.2, -0.15) is 5.11 Å². The van der Waals surface area contributed by atoms with E-state index < -0.39 is 23.9 Å². The number of anilines is 2. The second kappa shape index (κ2) is 8.78. The maximum atomic E-state index is 13.1. The fraction of sp³-hybridized carbons (Fsp3) is 0.348. The molecular weight excluding hydrogens is 410 g/mol. The van der Waals surface area contributed by atoms with E-state index in [1.165, 1.54) is 5.01 Å². The Hall–Kier alpha value is -3.75. The van der Waals surface area contributed by atoms with Gasteiger partial charge in [0.05, 0.1) is 12.3 Å². The molecule has 2 aromatic rings. The normalized spacial score (nSPS) is 19.6. The van der Waals surface area contributed by atoms with E-state index in [0.29, 0.717) is 29.6 Å². The molecule has 3 amide bonds. The number of imide groups is 1. The molecule has 166 valence electrons. The number of fused-ring (bicyclic) bond motifs is 1. The van der Waals surface area contributed by atoms with Crippen molar-refractivity contribution >= 4 is 29.1 Å². The average molecular weight is 435 g/mol. The van der Waals surface area contributed by atoms with E-state index in [0.717, 1.165) is 10.5 Å². The van der Waals surface area contributed by atoms with Gasteiger partial charge in [0.15, 0.2) is 12.1 Å². The highest BCUT2D eigenvalue weighted by molar-refractivity contribution is 6.25. The number of amides is 3. The van der Waals surface area contributed by atoms with Gasteiger partial charge in [-0.1, -0.05) is 31.2 Å². The molecule has 1 N–H and O–H groups in total. The lowest BCUT2D eigenvalue weighted by Crippen LogP contribution is -2.43. The zero-order chi connectivity index (χ0) is 22.8. The van der Waals surface area contributed by atoms with Crippen LogP contribution in [0, 0.1) is 0 Å². The monoisotopic (exact) mass is 435 g/mol. The van der Waals surface area contributed by atoms with E-state index in [1.807, 2.05) is 19.1 Å². The minimum atomic E-state index is -0.939. The number of ether oxygens (including phenoxy) is 1. The third-order valence-corrected chi connectivity index (χ3v) is 5.43. The number of benzene rings is 2. The fourth-order valence-electron chi connectivity index (χ4n) is 3.77. The van der Waals surface area contributed by atoms with Crippen molar-refractivity contribution in [1.29, 1.82) is 0 Å². The second-order valence-corrected chi connectivity index (χ2v) is 7.96. The van der Waals surface area contributed by atoms with Crippen LogP contribution in [0.25, 0.3) is 0 Å². The molecule has 32 heavy (non-hydrogen) atoms. The maximum absolute atomic E-state index is 13.1. The van der Waals surface area contributed by atoms with Gasteiger partial charge in [0, 0.05) is 5.69 Å². The van der Waals surface area contributed by atoms with Crippen LogP contribution < -0.4 is 15.0 Å². The van der Waals surface area contributed by atoms with E-state index in [4.69, 9.17) is 4.74 Å². The van der Waals surface area contributed by atoms with Gasteiger partial charge < -0.3 is 10.1 Å². The van der Waals surface area contributed by atoms with Gasteiger partial charge in [-0.25, -0.2) is 4.90 Å². The standard InChI is InChI=1S/C23H25N5O4/c1-4-32-18-11-7-16(8-12-18)24-19(29)13-27-21-20(25-26-27)22(30)28(23(21)31)17-9-5-15(6-10-17)14(2)3/h5-12,14,20-21H,4,13H2,1-3H3,(H,24,29)/t20-,21+/m0/s1. The molecule has 2 aliphatic rings. The predicted molar refractivity (Wildman–Crippen MR) is 118 cm³/mol. The van der Waals surface area contributed by atoms with Crippen molar-refractivity contribution in [1.82, 2.24) is 5.01 Å². The maximum Gasteiger partial charge on any atom is 0.263 e. The molecule has 0 aliphatic carbocycles. The van der Waals surface area contributed by atoms with E-state index >= 15 is 0 Å². The Labute approximate surface area is 186 Å². The molecule has 0 spiro atoms. The number of hydrogen-bond donors (Lipinski definition) is 1. The van der Waals surface area contributed by atoms with E-state index in [2.05, 4.69) is 29.5 Å². The van der Waals surface area contributed by atoms with Crippen molar-refractivity contribution in [3.05, 3.63) is 54.1 Å². The van der Waals surface area contributed by atoms with E-state index in [9.17, 15) is 14.4 Å². The van der Waals surface area contributed by atoms with E-state index in [1.54, 1.807) is 36.4 Å². The smallest absolute Gasteiger partial charge is 0.263 e. The van der Waals surface area contributed by atoms with Crippen molar-refractivity contribution in [2.75, 3.05) is 23.4 Å². The summed E-state index contributed by atoms with van der Waals surface area (Å²) in [4.78, 5) is 39.5. The first-order valence-electron chi connectivity index (χ1n) is 10.6. The Balaban J connectivity index is 1.43. The summed E-state index contributed by atoms with van der Waals surface area (Å²) in [7, 11) is 0. The van der Waals surface area contributed by atoms with Gasteiger partial charge in [0.1, 0.15) is 12.3 Å². The Morgan fingerprint density at radius 1 is 1.06 bits per heavy atom. The Morgan fingerprint density at radius 3 is 2.38 bits per heavy atom. The quantitative estimate of drug-likeness (QED) is 0.673. The summed E-state index contributed by atoms with van der Waals surface area (Å²) in [6.07, 6.45) is 0. The molecule has 1 fully saturated rings. The van der Waals surface area contributed by atoms with Gasteiger partial charge in [-0.3, -0.25) is 19.4 Å². The average Bonchev–Trinajstić information content (AvgIpc) is 3.29. The molecule has 2 aliphatic heterocycles. The van der Waals surface area contributed by atoms with Gasteiger partial charge >= 0.3 is 0 Å². The minimum absolute atomic E-state index is 0.197. The summed E-state index contributed by atoms with van der Waals surface area (Å²) < 4.78 is 5.38. The number of rotatable bonds is 7. The molecule has 0 unspecified atom stereocenters. The molecule has 0 aromatic heterocycles. The summed E-state index contributed by atoms with van der Waals surface area (Å²) in [6.45, 7) is 6.39. The van der Waals surface area contributed by atoms with Crippen molar-refractivity contribution < 1.29 is 19.1 Å². The molecule has 4 rings (SSSR count). The number of nitrogens with zero attached hydrogens (tertiary/aromatic N) is 4. The van der Waals surface area contributed by atoms with Gasteiger partial charge in [0.2, 0.25) is 5.91 Å². The predicted octanol–water partition coefficient (Wildman–Crippen LogP) is 3.14. The molecule has 0 saturated carbocycles. The van der Waals surface area contributed by atoms with Crippen molar-refractivity contribution in [3.8, 4) is 5.75 Å². The Bertz CT molecular complexity index is 1050. The van der Waals surface area contributed by atoms with Crippen molar-refractivity contribution in [2.45, 2.75) is 38.8 Å². The van der Waals surface area contributed by atoms with E-state index in [-0.39, 0.29) is 12.5 Å². The Morgan fingerprint density at radius 2 is 1.75 bits per heavy atom. The largest absolute Gasteiger partial charge is 0.494 e. The lowest BCUT2D eigenvalue weighted by molar-refractivity contribution is -0.123. The van der Waals surface area contributed by atoms with Crippen LogP contribution in [-0.2, 0) is 14.4 Å². The molecule has 1 saturated heterocycles. The van der Waals surface area contributed by atoms with Gasteiger partial charge in [0.25, 0.3) is 11.8 Å². The first-order chi connectivity index (χ1) is 15.4. The van der Waals surface area contributed by atoms with Crippen molar-refractivity contribution in [2.24, 2.45) is 10.3 Å². The van der Waals surface area contributed by atoms with Crippen LogP contribution >= 0.6 is 0 Å². The van der Waals surface area contributed by atoms with Crippen molar-refractivity contribution in [3.63, 3.8) is 0 Å². The topological polar surface area (TPSA) is 104 Å². The molecule has 2 atom stereocenters. The molecule has 2 heterocycles. The minimum Gasteiger partial charge on any atom is -0.494 e. The third kappa shape index (κ3) is 4.05. The van der Waals surface area contributed by atoms with Crippen LogP contribution in [0.4, 0.5) is 11.4 Å². The number of carbonyl (C=O) groups excluding carboxylic acids is 3. The molecule has 2 aromatic carbocycles. The molecule has 0 radical (unpaired) electrons.